The van der Waals surface area contributed by atoms with Gasteiger partial charge in [0.2, 0.25) is 0 Å². The number of benzene rings is 2. The molecule has 164 valence electrons. The van der Waals surface area contributed by atoms with Crippen LogP contribution in [0.15, 0.2) is 60.7 Å². The number of rotatable bonds is 4. The van der Waals surface area contributed by atoms with Crippen molar-refractivity contribution in [2.24, 2.45) is 0 Å². The lowest BCUT2D eigenvalue weighted by molar-refractivity contribution is 0.0793. The summed E-state index contributed by atoms with van der Waals surface area (Å²) in [7, 11) is 0. The minimum atomic E-state index is -2.68. The molecule has 5 rings (SSSR count). The molecule has 2 aromatic heterocycles. The summed E-state index contributed by atoms with van der Waals surface area (Å²) in [6.45, 7) is 1.55. The number of alkyl halides is 2. The summed E-state index contributed by atoms with van der Waals surface area (Å²) in [6.07, 6.45) is -0.627. The van der Waals surface area contributed by atoms with Crippen molar-refractivity contribution in [3.8, 4) is 22.5 Å². The van der Waals surface area contributed by atoms with E-state index in [1.54, 1.807) is 24.3 Å². The lowest BCUT2D eigenvalue weighted by Gasteiger charge is -2.15. The van der Waals surface area contributed by atoms with Crippen LogP contribution in [-0.2, 0) is 0 Å². The smallest absolute Gasteiger partial charge is 0.264 e. The first-order valence-electron chi connectivity index (χ1n) is 10.2. The van der Waals surface area contributed by atoms with Gasteiger partial charge in [-0.15, -0.1) is 12.4 Å². The molecule has 1 aliphatic heterocycles. The molecule has 1 fully saturated rings. The van der Waals surface area contributed by atoms with Crippen LogP contribution in [0.1, 0.15) is 35.2 Å². The molecule has 0 aliphatic carbocycles. The summed E-state index contributed by atoms with van der Waals surface area (Å²) in [5, 5.41) is 7.38. The summed E-state index contributed by atoms with van der Waals surface area (Å²) in [5.74, 6) is 0.000495. The average molecular weight is 455 g/mol. The Labute approximate surface area is 189 Å². The molecule has 1 saturated heterocycles. The number of nitrogens with zero attached hydrogens (tertiary/aromatic N) is 3. The van der Waals surface area contributed by atoms with Gasteiger partial charge in [0.1, 0.15) is 0 Å². The number of pyridine rings is 1. The van der Waals surface area contributed by atoms with E-state index in [1.807, 2.05) is 35.2 Å². The lowest BCUT2D eigenvalue weighted by Crippen LogP contribution is -2.27. The molecule has 8 heteroatoms. The van der Waals surface area contributed by atoms with Gasteiger partial charge in [-0.05, 0) is 31.0 Å². The zero-order chi connectivity index (χ0) is 21.4. The van der Waals surface area contributed by atoms with Crippen LogP contribution in [0.5, 0.6) is 0 Å². The highest BCUT2D eigenvalue weighted by Crippen LogP contribution is 2.36. The number of H-pyrrole nitrogens is 1. The van der Waals surface area contributed by atoms with E-state index in [0.717, 1.165) is 31.5 Å². The average Bonchev–Trinajstić information content (AvgIpc) is 3.49. The van der Waals surface area contributed by atoms with Crippen LogP contribution in [0.4, 0.5) is 8.78 Å². The minimum Gasteiger partial charge on any atom is -0.339 e. The van der Waals surface area contributed by atoms with Crippen LogP contribution >= 0.6 is 12.4 Å². The van der Waals surface area contributed by atoms with Gasteiger partial charge in [0.25, 0.3) is 12.3 Å². The Balaban J connectivity index is 0.00000245. The first kappa shape index (κ1) is 21.9. The van der Waals surface area contributed by atoms with Gasteiger partial charge in [-0.1, -0.05) is 42.5 Å². The number of carbonyl (C=O) groups excluding carboxylic acids is 1. The van der Waals surface area contributed by atoms with E-state index in [1.165, 1.54) is 6.07 Å². The van der Waals surface area contributed by atoms with Gasteiger partial charge in [0.15, 0.2) is 5.65 Å². The highest BCUT2D eigenvalue weighted by atomic mass is 35.5. The second-order valence-corrected chi connectivity index (χ2v) is 7.64. The van der Waals surface area contributed by atoms with Crippen molar-refractivity contribution in [3.63, 3.8) is 0 Å². The fourth-order valence-corrected chi connectivity index (χ4v) is 4.07. The molecular weight excluding hydrogens is 434 g/mol. The summed E-state index contributed by atoms with van der Waals surface area (Å²) in [6, 6.07) is 17.6. The van der Waals surface area contributed by atoms with Gasteiger partial charge in [-0.25, -0.2) is 13.8 Å². The number of aromatic amines is 1. The van der Waals surface area contributed by atoms with E-state index >= 15 is 0 Å². The number of amides is 1. The lowest BCUT2D eigenvalue weighted by atomic mass is 10.0. The van der Waals surface area contributed by atoms with Crippen LogP contribution in [0.3, 0.4) is 0 Å². The monoisotopic (exact) mass is 454 g/mol. The van der Waals surface area contributed by atoms with E-state index in [4.69, 9.17) is 0 Å². The van der Waals surface area contributed by atoms with Crippen molar-refractivity contribution in [2.75, 3.05) is 13.1 Å². The third-order valence-electron chi connectivity index (χ3n) is 5.67. The first-order valence-corrected chi connectivity index (χ1v) is 10.2. The molecule has 0 atom stereocenters. The molecule has 4 aromatic rings. The number of nitrogens with one attached hydrogen (secondary N) is 1. The number of hydrogen-bond donors (Lipinski definition) is 1. The van der Waals surface area contributed by atoms with Crippen molar-refractivity contribution in [3.05, 3.63) is 71.8 Å². The van der Waals surface area contributed by atoms with Gasteiger partial charge >= 0.3 is 0 Å². The zero-order valence-corrected chi connectivity index (χ0v) is 17.9. The molecule has 1 amide bonds. The van der Waals surface area contributed by atoms with E-state index in [2.05, 4.69) is 15.2 Å². The maximum absolute atomic E-state index is 14.0. The number of fused-ring (bicyclic) bond motifs is 1. The second-order valence-electron chi connectivity index (χ2n) is 7.64. The predicted octanol–water partition coefficient (Wildman–Crippen LogP) is 5.89. The molecule has 2 aromatic carbocycles. The van der Waals surface area contributed by atoms with Gasteiger partial charge in [0, 0.05) is 35.3 Å². The van der Waals surface area contributed by atoms with Crippen LogP contribution in [0, 0.1) is 0 Å². The molecule has 0 bridgehead atoms. The number of aromatic nitrogens is 3. The Morgan fingerprint density at radius 3 is 2.31 bits per heavy atom. The third-order valence-corrected chi connectivity index (χ3v) is 5.67. The largest absolute Gasteiger partial charge is 0.339 e. The molecule has 0 spiro atoms. The molecule has 5 nitrogen and oxygen atoms in total. The summed E-state index contributed by atoms with van der Waals surface area (Å²) >= 11 is 0. The minimum absolute atomic E-state index is 0. The first-order chi connectivity index (χ1) is 15.1. The molecule has 0 radical (unpaired) electrons. The fourth-order valence-electron chi connectivity index (χ4n) is 4.07. The van der Waals surface area contributed by atoms with Crippen LogP contribution in [0.2, 0.25) is 0 Å². The third kappa shape index (κ3) is 3.96. The highest BCUT2D eigenvalue weighted by molar-refractivity contribution is 5.96. The Morgan fingerprint density at radius 1 is 0.969 bits per heavy atom. The topological polar surface area (TPSA) is 61.9 Å². The van der Waals surface area contributed by atoms with Crippen LogP contribution < -0.4 is 0 Å². The summed E-state index contributed by atoms with van der Waals surface area (Å²) < 4.78 is 28.0. The standard InChI is InChI=1S/C24H20F2N4O.ClH/c25-22(26)18-14-19(15-8-10-17(11-9-15)24(31)30-12-4-5-13-30)27-23-20(18)21(28-29-23)16-6-2-1-3-7-16;/h1-3,6-11,14,22H,4-5,12-13H2,(H,27,28,29);1H. The van der Waals surface area contributed by atoms with Crippen LogP contribution in [-0.4, -0.2) is 39.1 Å². The Hall–Kier alpha value is -3.32. The second kappa shape index (κ2) is 9.04. The Bertz CT molecular complexity index is 1240. The molecule has 32 heavy (non-hydrogen) atoms. The molecule has 0 saturated carbocycles. The molecule has 0 unspecified atom stereocenters. The number of carbonyl (C=O) groups is 1. The maximum Gasteiger partial charge on any atom is 0.264 e. The van der Waals surface area contributed by atoms with Gasteiger partial charge in [-0.2, -0.15) is 5.10 Å². The van der Waals surface area contributed by atoms with Crippen LogP contribution in [0.25, 0.3) is 33.5 Å². The van der Waals surface area contributed by atoms with Gasteiger partial charge in [0.05, 0.1) is 16.8 Å². The molecule has 1 N–H and O–H groups in total. The van der Waals surface area contributed by atoms with Crippen molar-refractivity contribution in [1.29, 1.82) is 0 Å². The van der Waals surface area contributed by atoms with E-state index in [9.17, 15) is 13.6 Å². The molecular formula is C24H21ClF2N4O. The van der Waals surface area contributed by atoms with E-state index in [0.29, 0.717) is 27.9 Å². The van der Waals surface area contributed by atoms with E-state index in [-0.39, 0.29) is 29.5 Å². The van der Waals surface area contributed by atoms with Crippen molar-refractivity contribution in [1.82, 2.24) is 20.1 Å². The van der Waals surface area contributed by atoms with Crippen molar-refractivity contribution >= 4 is 29.3 Å². The Morgan fingerprint density at radius 2 is 1.66 bits per heavy atom. The summed E-state index contributed by atoms with van der Waals surface area (Å²) in [4.78, 5) is 18.9. The van der Waals surface area contributed by atoms with Crippen molar-refractivity contribution in [2.45, 2.75) is 19.3 Å². The number of hydrogen-bond acceptors (Lipinski definition) is 3. The SMILES string of the molecule is Cl.O=C(c1ccc(-c2cc(C(F)F)c3c(-c4ccccc4)[nH]nc3n2)cc1)N1CCCC1. The van der Waals surface area contributed by atoms with Gasteiger partial charge < -0.3 is 4.90 Å². The van der Waals surface area contributed by atoms with Crippen molar-refractivity contribution < 1.29 is 13.6 Å². The van der Waals surface area contributed by atoms with E-state index < -0.39 is 6.43 Å². The zero-order valence-electron chi connectivity index (χ0n) is 17.1. The summed E-state index contributed by atoms with van der Waals surface area (Å²) in [5.41, 5.74) is 3.06. The van der Waals surface area contributed by atoms with Gasteiger partial charge in [-0.3, -0.25) is 9.89 Å². The quantitative estimate of drug-likeness (QED) is 0.418. The maximum atomic E-state index is 14.0. The normalized spacial score (nSPS) is 13.5. The fraction of sp³-hybridized carbons (Fsp3) is 0.208. The Kier molecular flexibility index (Phi) is 6.19. The number of halogens is 3. The number of likely N-dealkylation sites (tertiary alicyclic amines) is 1. The molecule has 1 aliphatic rings. The molecule has 3 heterocycles. The predicted molar refractivity (Wildman–Crippen MR) is 122 cm³/mol. The highest BCUT2D eigenvalue weighted by Gasteiger charge is 2.22.